The SMILES string of the molecule is Nc1nc(NCCCc2ccccc2)c2[nH]cnc2n1. The molecule has 0 aliphatic rings. The summed E-state index contributed by atoms with van der Waals surface area (Å²) in [5.74, 6) is 0.938. The number of nitrogens with one attached hydrogen (secondary N) is 2. The third-order valence-electron chi connectivity index (χ3n) is 3.08. The van der Waals surface area contributed by atoms with E-state index in [4.69, 9.17) is 5.73 Å². The molecule has 0 atom stereocenters. The van der Waals surface area contributed by atoms with E-state index in [0.717, 1.165) is 24.9 Å². The lowest BCUT2D eigenvalue weighted by Crippen LogP contribution is -2.07. The molecule has 0 aliphatic carbocycles. The molecule has 0 saturated heterocycles. The van der Waals surface area contributed by atoms with Gasteiger partial charge in [-0.2, -0.15) is 9.97 Å². The number of nitrogens with two attached hydrogens (primary N) is 1. The van der Waals surface area contributed by atoms with Gasteiger partial charge in [0.2, 0.25) is 5.95 Å². The molecule has 0 spiro atoms. The Balaban J connectivity index is 1.61. The quantitative estimate of drug-likeness (QED) is 0.615. The van der Waals surface area contributed by atoms with Crippen LogP contribution in [0.2, 0.25) is 0 Å². The van der Waals surface area contributed by atoms with Gasteiger partial charge in [-0.15, -0.1) is 0 Å². The maximum Gasteiger partial charge on any atom is 0.224 e. The maximum atomic E-state index is 5.66. The second-order valence-corrected chi connectivity index (χ2v) is 4.55. The summed E-state index contributed by atoms with van der Waals surface area (Å²) in [7, 11) is 0. The summed E-state index contributed by atoms with van der Waals surface area (Å²) in [5, 5.41) is 3.28. The molecule has 2 heterocycles. The van der Waals surface area contributed by atoms with Gasteiger partial charge in [-0.25, -0.2) is 4.98 Å². The number of hydrogen-bond acceptors (Lipinski definition) is 5. The van der Waals surface area contributed by atoms with Crippen LogP contribution in [0.25, 0.3) is 11.2 Å². The number of aryl methyl sites for hydroxylation is 1. The van der Waals surface area contributed by atoms with E-state index in [-0.39, 0.29) is 5.95 Å². The average Bonchev–Trinajstić information content (AvgIpc) is 2.92. The first kappa shape index (κ1) is 12.4. The Morgan fingerprint density at radius 3 is 2.85 bits per heavy atom. The van der Waals surface area contributed by atoms with Crippen molar-refractivity contribution in [3.05, 3.63) is 42.2 Å². The normalized spacial score (nSPS) is 10.8. The van der Waals surface area contributed by atoms with E-state index < -0.39 is 0 Å². The molecule has 2 aromatic heterocycles. The van der Waals surface area contributed by atoms with Gasteiger partial charge >= 0.3 is 0 Å². The van der Waals surface area contributed by atoms with E-state index in [1.807, 2.05) is 6.07 Å². The summed E-state index contributed by atoms with van der Waals surface area (Å²) in [6, 6.07) is 10.4. The number of hydrogen-bond donors (Lipinski definition) is 3. The van der Waals surface area contributed by atoms with E-state index in [2.05, 4.69) is 49.5 Å². The lowest BCUT2D eigenvalue weighted by molar-refractivity contribution is 0.859. The molecule has 4 N–H and O–H groups in total. The van der Waals surface area contributed by atoms with Crippen LogP contribution >= 0.6 is 0 Å². The lowest BCUT2D eigenvalue weighted by Gasteiger charge is -2.07. The average molecular weight is 268 g/mol. The summed E-state index contributed by atoms with van der Waals surface area (Å²) in [4.78, 5) is 15.4. The van der Waals surface area contributed by atoms with Gasteiger partial charge in [-0.1, -0.05) is 30.3 Å². The number of aromatic nitrogens is 4. The van der Waals surface area contributed by atoms with Crippen molar-refractivity contribution in [3.8, 4) is 0 Å². The van der Waals surface area contributed by atoms with Crippen LogP contribution < -0.4 is 11.1 Å². The minimum Gasteiger partial charge on any atom is -0.368 e. The zero-order valence-electron chi connectivity index (χ0n) is 11.0. The monoisotopic (exact) mass is 268 g/mol. The second kappa shape index (κ2) is 5.56. The Hall–Kier alpha value is -2.63. The van der Waals surface area contributed by atoms with E-state index in [0.29, 0.717) is 11.5 Å². The first-order valence-corrected chi connectivity index (χ1v) is 6.57. The van der Waals surface area contributed by atoms with Crippen LogP contribution in [0.5, 0.6) is 0 Å². The van der Waals surface area contributed by atoms with Gasteiger partial charge in [0.15, 0.2) is 11.5 Å². The third-order valence-corrected chi connectivity index (χ3v) is 3.08. The molecule has 0 unspecified atom stereocenters. The van der Waals surface area contributed by atoms with Crippen LogP contribution in [0.1, 0.15) is 12.0 Å². The number of rotatable bonds is 5. The standard InChI is InChI=1S/C14H16N6/c15-14-19-12(11-13(20-14)18-9-17-11)16-8-4-7-10-5-2-1-3-6-10/h1-3,5-6,9H,4,7-8H2,(H4,15,16,17,18,19,20). The fourth-order valence-electron chi connectivity index (χ4n) is 2.12. The van der Waals surface area contributed by atoms with Crippen LogP contribution in [0.4, 0.5) is 11.8 Å². The van der Waals surface area contributed by atoms with Gasteiger partial charge in [0, 0.05) is 6.54 Å². The predicted molar refractivity (Wildman–Crippen MR) is 79.3 cm³/mol. The number of aromatic amines is 1. The van der Waals surface area contributed by atoms with Gasteiger partial charge in [0.25, 0.3) is 0 Å². The van der Waals surface area contributed by atoms with Crippen LogP contribution in [0, 0.1) is 0 Å². The van der Waals surface area contributed by atoms with Crippen molar-refractivity contribution < 1.29 is 0 Å². The molecule has 0 amide bonds. The van der Waals surface area contributed by atoms with Crippen molar-refractivity contribution in [1.29, 1.82) is 0 Å². The highest BCUT2D eigenvalue weighted by atomic mass is 15.1. The summed E-state index contributed by atoms with van der Waals surface area (Å²) in [6.07, 6.45) is 3.64. The van der Waals surface area contributed by atoms with Gasteiger partial charge < -0.3 is 16.0 Å². The predicted octanol–water partition coefficient (Wildman–Crippen LogP) is 1.98. The maximum absolute atomic E-state index is 5.66. The van der Waals surface area contributed by atoms with Crippen molar-refractivity contribution in [2.24, 2.45) is 0 Å². The Labute approximate surface area is 116 Å². The largest absolute Gasteiger partial charge is 0.368 e. The van der Waals surface area contributed by atoms with Gasteiger partial charge in [0.1, 0.15) is 5.52 Å². The Bertz CT molecular complexity index is 691. The Morgan fingerprint density at radius 2 is 2.00 bits per heavy atom. The Kier molecular flexibility index (Phi) is 3.45. The highest BCUT2D eigenvalue weighted by molar-refractivity contribution is 5.83. The second-order valence-electron chi connectivity index (χ2n) is 4.55. The first-order valence-electron chi connectivity index (χ1n) is 6.57. The smallest absolute Gasteiger partial charge is 0.224 e. The topological polar surface area (TPSA) is 92.5 Å². The van der Waals surface area contributed by atoms with E-state index >= 15 is 0 Å². The van der Waals surface area contributed by atoms with Crippen LogP contribution in [-0.2, 0) is 6.42 Å². The van der Waals surface area contributed by atoms with E-state index in [9.17, 15) is 0 Å². The molecule has 0 aliphatic heterocycles. The van der Waals surface area contributed by atoms with Crippen molar-refractivity contribution in [2.75, 3.05) is 17.6 Å². The lowest BCUT2D eigenvalue weighted by atomic mass is 10.1. The fraction of sp³-hybridized carbons (Fsp3) is 0.214. The minimum absolute atomic E-state index is 0.232. The van der Waals surface area contributed by atoms with Crippen molar-refractivity contribution in [3.63, 3.8) is 0 Å². The number of H-pyrrole nitrogens is 1. The third kappa shape index (κ3) is 2.69. The highest BCUT2D eigenvalue weighted by Crippen LogP contribution is 2.17. The van der Waals surface area contributed by atoms with Crippen molar-refractivity contribution >= 4 is 22.9 Å². The summed E-state index contributed by atoms with van der Waals surface area (Å²) in [5.41, 5.74) is 8.38. The molecule has 20 heavy (non-hydrogen) atoms. The fourth-order valence-corrected chi connectivity index (χ4v) is 2.12. The van der Waals surface area contributed by atoms with Crippen molar-refractivity contribution in [1.82, 2.24) is 19.9 Å². The van der Waals surface area contributed by atoms with Gasteiger partial charge in [-0.3, -0.25) is 0 Å². The number of nitrogens with zero attached hydrogens (tertiary/aromatic N) is 3. The summed E-state index contributed by atoms with van der Waals surface area (Å²) < 4.78 is 0. The minimum atomic E-state index is 0.232. The highest BCUT2D eigenvalue weighted by Gasteiger charge is 2.07. The molecule has 6 heteroatoms. The zero-order chi connectivity index (χ0) is 13.8. The van der Waals surface area contributed by atoms with Crippen molar-refractivity contribution in [2.45, 2.75) is 12.8 Å². The Morgan fingerprint density at radius 1 is 1.15 bits per heavy atom. The number of anilines is 2. The molecular weight excluding hydrogens is 252 g/mol. The van der Waals surface area contributed by atoms with Gasteiger partial charge in [-0.05, 0) is 18.4 Å². The van der Waals surface area contributed by atoms with Crippen LogP contribution in [0.15, 0.2) is 36.7 Å². The molecule has 0 fully saturated rings. The number of imidazole rings is 1. The summed E-state index contributed by atoms with van der Waals surface area (Å²) in [6.45, 7) is 0.819. The van der Waals surface area contributed by atoms with Crippen LogP contribution in [0.3, 0.4) is 0 Å². The molecule has 102 valence electrons. The van der Waals surface area contributed by atoms with Gasteiger partial charge in [0.05, 0.1) is 6.33 Å². The molecule has 1 aromatic carbocycles. The van der Waals surface area contributed by atoms with Crippen LogP contribution in [-0.4, -0.2) is 26.5 Å². The molecular formula is C14H16N6. The number of fused-ring (bicyclic) bond motifs is 1. The molecule has 0 radical (unpaired) electrons. The molecule has 3 rings (SSSR count). The summed E-state index contributed by atoms with van der Waals surface area (Å²) >= 11 is 0. The van der Waals surface area contributed by atoms with E-state index in [1.54, 1.807) is 6.33 Å². The zero-order valence-corrected chi connectivity index (χ0v) is 11.0. The first-order chi connectivity index (χ1) is 9.83. The molecule has 3 aromatic rings. The molecule has 0 bridgehead atoms. The van der Waals surface area contributed by atoms with E-state index in [1.165, 1.54) is 5.56 Å². The molecule has 6 nitrogen and oxygen atoms in total. The molecule has 0 saturated carbocycles. The number of benzene rings is 1. The number of nitrogen functional groups attached to an aromatic ring is 1.